The maximum absolute atomic E-state index is 12.3. The summed E-state index contributed by atoms with van der Waals surface area (Å²) in [4.78, 5) is 70.3. The van der Waals surface area contributed by atoms with Crippen LogP contribution in [0.4, 0.5) is 0 Å². The van der Waals surface area contributed by atoms with Crippen molar-refractivity contribution >= 4 is 35.8 Å². The van der Waals surface area contributed by atoms with Gasteiger partial charge in [0.25, 0.3) is 0 Å². The molecular weight excluding hydrogens is 800 g/mol. The number of carbonyl (C=O) groups is 6. The standard InChI is InChI=1S/C18H30O7.C16H22O6.C10H16O4/c1-8-16(2,3)15(19)20-9-10-11-12(23-17(4,5)22-11)13-14(21-10)25-18(6,7)24-13;1-4-16(2,3)15(19)20-7-11(17)21-12-8-5-9-10(6-8)14(18)22-13(9)12;1-4-10(2,3)9(12)14-7-5-6-13-8(7)11/h10-14H,8-9H2,1-7H3;8-10,12-13H,4-7H2,1-3H3;7H,4-6H2,1-3H3. The number of hydrogen-bond acceptors (Lipinski definition) is 17. The van der Waals surface area contributed by atoms with E-state index in [0.717, 1.165) is 12.8 Å². The van der Waals surface area contributed by atoms with Crippen molar-refractivity contribution in [2.75, 3.05) is 19.8 Å². The topological polar surface area (TPSA) is 204 Å². The van der Waals surface area contributed by atoms with Gasteiger partial charge in [0.1, 0.15) is 43.2 Å². The molecule has 0 N–H and O–H groups in total. The molecule has 2 saturated carbocycles. The van der Waals surface area contributed by atoms with Crippen molar-refractivity contribution in [3.05, 3.63) is 0 Å². The molecule has 2 bridgehead atoms. The van der Waals surface area contributed by atoms with Crippen LogP contribution in [0.1, 0.15) is 129 Å². The largest absolute Gasteiger partial charge is 0.463 e. The molecule has 0 aromatic carbocycles. The monoisotopic (exact) mass is 868 g/mol. The van der Waals surface area contributed by atoms with Crippen LogP contribution >= 0.6 is 0 Å². The summed E-state index contributed by atoms with van der Waals surface area (Å²) < 4.78 is 60.9. The fourth-order valence-electron chi connectivity index (χ4n) is 8.06. The van der Waals surface area contributed by atoms with Crippen LogP contribution in [0.3, 0.4) is 0 Å². The van der Waals surface area contributed by atoms with Crippen molar-refractivity contribution in [1.82, 2.24) is 0 Å². The van der Waals surface area contributed by atoms with Gasteiger partial charge in [0, 0.05) is 18.3 Å². The average molecular weight is 869 g/mol. The van der Waals surface area contributed by atoms with Crippen molar-refractivity contribution in [2.45, 2.75) is 189 Å². The minimum atomic E-state index is -0.758. The highest BCUT2D eigenvalue weighted by molar-refractivity contribution is 5.83. The zero-order chi connectivity index (χ0) is 45.5. The molecule has 5 saturated heterocycles. The molecule has 5 heterocycles. The van der Waals surface area contributed by atoms with Crippen LogP contribution in [-0.2, 0) is 80.9 Å². The fourth-order valence-corrected chi connectivity index (χ4v) is 8.06. The lowest BCUT2D eigenvalue weighted by molar-refractivity contribution is -0.243. The number of fused-ring (bicyclic) bond motifs is 4. The molecule has 0 aromatic heterocycles. The van der Waals surface area contributed by atoms with Crippen LogP contribution in [0.25, 0.3) is 0 Å². The third kappa shape index (κ3) is 11.1. The molecule has 17 heteroatoms. The highest BCUT2D eigenvalue weighted by Crippen LogP contribution is 2.55. The lowest BCUT2D eigenvalue weighted by atomic mass is 9.88. The smallest absolute Gasteiger partial charge is 0.347 e. The van der Waals surface area contributed by atoms with Crippen LogP contribution in [-0.4, -0.2) is 116 Å². The van der Waals surface area contributed by atoms with Gasteiger partial charge in [0.05, 0.1) is 28.8 Å². The Morgan fingerprint density at radius 1 is 0.672 bits per heavy atom. The predicted molar refractivity (Wildman–Crippen MR) is 212 cm³/mol. The molecule has 2 aliphatic carbocycles. The van der Waals surface area contributed by atoms with Gasteiger partial charge in [-0.25, -0.2) is 9.59 Å². The Morgan fingerprint density at radius 2 is 1.23 bits per heavy atom. The molecule has 7 aliphatic rings. The van der Waals surface area contributed by atoms with Crippen molar-refractivity contribution in [3.8, 4) is 0 Å². The van der Waals surface area contributed by atoms with Gasteiger partial charge in [-0.05, 0) is 101 Å². The number of hydrogen-bond donors (Lipinski definition) is 0. The molecule has 11 atom stereocenters. The second-order valence-corrected chi connectivity index (χ2v) is 19.8. The molecule has 11 unspecified atom stereocenters. The number of cyclic esters (lactones) is 1. The molecule has 0 aromatic rings. The van der Waals surface area contributed by atoms with Gasteiger partial charge in [0.15, 0.2) is 24.5 Å². The highest BCUT2D eigenvalue weighted by atomic mass is 16.9. The number of esters is 6. The molecule has 0 amide bonds. The Balaban J connectivity index is 0.000000180. The third-order valence-corrected chi connectivity index (χ3v) is 13.1. The summed E-state index contributed by atoms with van der Waals surface area (Å²) in [6, 6.07) is 0. The molecule has 5 aliphatic heterocycles. The summed E-state index contributed by atoms with van der Waals surface area (Å²) in [5, 5.41) is 0. The summed E-state index contributed by atoms with van der Waals surface area (Å²) in [5.74, 6) is -3.28. The zero-order valence-electron chi connectivity index (χ0n) is 38.2. The molecule has 61 heavy (non-hydrogen) atoms. The maximum Gasteiger partial charge on any atom is 0.347 e. The highest BCUT2D eigenvalue weighted by Gasteiger charge is 2.64. The van der Waals surface area contributed by atoms with E-state index in [9.17, 15) is 28.8 Å². The molecule has 7 fully saturated rings. The van der Waals surface area contributed by atoms with E-state index in [1.165, 1.54) is 0 Å². The minimum absolute atomic E-state index is 0.00636. The lowest BCUT2D eigenvalue weighted by Crippen LogP contribution is -2.56. The van der Waals surface area contributed by atoms with E-state index in [2.05, 4.69) is 0 Å². The quantitative estimate of drug-likeness (QED) is 0.185. The van der Waals surface area contributed by atoms with E-state index in [0.29, 0.717) is 32.3 Å². The van der Waals surface area contributed by atoms with Crippen LogP contribution in [0.15, 0.2) is 0 Å². The van der Waals surface area contributed by atoms with E-state index in [-0.39, 0.29) is 79.4 Å². The van der Waals surface area contributed by atoms with Gasteiger partial charge >= 0.3 is 35.8 Å². The molecule has 0 radical (unpaired) electrons. The van der Waals surface area contributed by atoms with Gasteiger partial charge in [0.2, 0.25) is 6.10 Å². The number of rotatable bonds is 12. The first-order valence-electron chi connectivity index (χ1n) is 21.7. The van der Waals surface area contributed by atoms with E-state index in [1.807, 2.05) is 62.3 Å². The molecular formula is C44H68O17. The van der Waals surface area contributed by atoms with E-state index in [4.69, 9.17) is 52.1 Å². The Labute approximate surface area is 359 Å². The molecule has 17 nitrogen and oxygen atoms in total. The van der Waals surface area contributed by atoms with Crippen LogP contribution in [0.2, 0.25) is 0 Å². The average Bonchev–Trinajstić information content (AvgIpc) is 4.03. The first-order valence-corrected chi connectivity index (χ1v) is 21.7. The summed E-state index contributed by atoms with van der Waals surface area (Å²) in [6.45, 7) is 24.1. The van der Waals surface area contributed by atoms with Crippen molar-refractivity contribution in [2.24, 2.45) is 34.0 Å². The number of ether oxygens (including phenoxy) is 11. The van der Waals surface area contributed by atoms with Crippen LogP contribution < -0.4 is 0 Å². The van der Waals surface area contributed by atoms with Crippen LogP contribution in [0, 0.1) is 34.0 Å². The maximum atomic E-state index is 12.3. The molecule has 7 rings (SSSR count). The summed E-state index contributed by atoms with van der Waals surface area (Å²) in [5.41, 5.74) is -1.67. The van der Waals surface area contributed by atoms with Crippen molar-refractivity contribution in [1.29, 1.82) is 0 Å². The normalized spacial score (nSPS) is 33.8. The van der Waals surface area contributed by atoms with Gasteiger partial charge in [-0.15, -0.1) is 0 Å². The van der Waals surface area contributed by atoms with Gasteiger partial charge in [-0.1, -0.05) is 20.8 Å². The van der Waals surface area contributed by atoms with Gasteiger partial charge < -0.3 is 52.1 Å². The first kappa shape index (κ1) is 48.6. The summed E-state index contributed by atoms with van der Waals surface area (Å²) in [7, 11) is 0. The Kier molecular flexibility index (Phi) is 14.7. The van der Waals surface area contributed by atoms with Gasteiger partial charge in [-0.2, -0.15) is 0 Å². The molecule has 0 spiro atoms. The van der Waals surface area contributed by atoms with Crippen molar-refractivity contribution < 1.29 is 80.9 Å². The number of carbonyl (C=O) groups excluding carboxylic acids is 6. The van der Waals surface area contributed by atoms with Crippen LogP contribution in [0.5, 0.6) is 0 Å². The first-order chi connectivity index (χ1) is 28.2. The Bertz CT molecular complexity index is 1650. The second-order valence-electron chi connectivity index (χ2n) is 19.8. The van der Waals surface area contributed by atoms with E-state index < -0.39 is 64.2 Å². The predicted octanol–water partition coefficient (Wildman–Crippen LogP) is 5.10. The Morgan fingerprint density at radius 3 is 1.82 bits per heavy atom. The summed E-state index contributed by atoms with van der Waals surface area (Å²) in [6.07, 6.45) is 0.609. The zero-order valence-corrected chi connectivity index (χ0v) is 38.2. The SMILES string of the molecule is CCC(C)(C)C(=O)OC1CCOC1=O.CCC(C)(C)C(=O)OCC(=O)OC1C2CC3C(=O)OC1C3C2.CCC(C)(C)C(=O)OCC1OC2OC(C)(C)OC2C2OC(C)(C)OC12. The Hall–Kier alpha value is -3.38. The van der Waals surface area contributed by atoms with Crippen molar-refractivity contribution in [3.63, 3.8) is 0 Å². The molecule has 346 valence electrons. The summed E-state index contributed by atoms with van der Waals surface area (Å²) >= 11 is 0. The lowest BCUT2D eigenvalue weighted by Gasteiger charge is -2.37. The van der Waals surface area contributed by atoms with E-state index >= 15 is 0 Å². The minimum Gasteiger partial charge on any atom is -0.463 e. The van der Waals surface area contributed by atoms with Gasteiger partial charge in [-0.3, -0.25) is 19.2 Å². The van der Waals surface area contributed by atoms with E-state index in [1.54, 1.807) is 27.7 Å². The third-order valence-electron chi connectivity index (χ3n) is 13.1. The second kappa shape index (κ2) is 18.4. The fraction of sp³-hybridized carbons (Fsp3) is 0.864.